The SMILES string of the molecule is CCS(=O)(=O)N(CC(=O)N(Cc1ccccc1F)C(Cc1ccccc1)C(=O)NC(C)C)c1ccc2c(c1)OCO2. The lowest BCUT2D eigenvalue weighted by atomic mass is 10.0. The summed E-state index contributed by atoms with van der Waals surface area (Å²) >= 11 is 0. The predicted molar refractivity (Wildman–Crippen MR) is 154 cm³/mol. The Morgan fingerprint density at radius 1 is 0.976 bits per heavy atom. The van der Waals surface area contributed by atoms with E-state index < -0.39 is 40.2 Å². The van der Waals surface area contributed by atoms with Gasteiger partial charge in [0.15, 0.2) is 11.5 Å². The fraction of sp³-hybridized carbons (Fsp3) is 0.333. The zero-order valence-corrected chi connectivity index (χ0v) is 24.1. The van der Waals surface area contributed by atoms with Gasteiger partial charge < -0.3 is 19.7 Å². The average molecular weight is 584 g/mol. The Morgan fingerprint density at radius 3 is 2.34 bits per heavy atom. The van der Waals surface area contributed by atoms with Gasteiger partial charge in [-0.15, -0.1) is 0 Å². The first-order valence-electron chi connectivity index (χ1n) is 13.4. The molecule has 1 atom stereocenters. The molecular weight excluding hydrogens is 549 g/mol. The number of ether oxygens (including phenoxy) is 2. The number of amides is 2. The number of hydrogen-bond donors (Lipinski definition) is 1. The van der Waals surface area contributed by atoms with Crippen LogP contribution < -0.4 is 19.1 Å². The molecule has 1 unspecified atom stereocenters. The number of fused-ring (bicyclic) bond motifs is 1. The maximum absolute atomic E-state index is 14.8. The molecule has 1 aliphatic heterocycles. The van der Waals surface area contributed by atoms with Crippen LogP contribution in [-0.2, 0) is 32.6 Å². The van der Waals surface area contributed by atoms with Gasteiger partial charge in [-0.25, -0.2) is 12.8 Å². The van der Waals surface area contributed by atoms with Crippen LogP contribution in [0.5, 0.6) is 11.5 Å². The number of hydrogen-bond acceptors (Lipinski definition) is 6. The van der Waals surface area contributed by atoms with E-state index in [0.29, 0.717) is 11.5 Å². The van der Waals surface area contributed by atoms with E-state index in [-0.39, 0.29) is 42.8 Å². The molecule has 0 spiro atoms. The first-order chi connectivity index (χ1) is 19.6. The Morgan fingerprint density at radius 2 is 1.66 bits per heavy atom. The third-order valence-corrected chi connectivity index (χ3v) is 8.37. The predicted octanol–water partition coefficient (Wildman–Crippen LogP) is 3.88. The number of anilines is 1. The Balaban J connectivity index is 1.75. The quantitative estimate of drug-likeness (QED) is 0.347. The number of benzene rings is 3. The normalized spacial score (nSPS) is 13.1. The number of nitrogens with zero attached hydrogens (tertiary/aromatic N) is 2. The van der Waals surface area contributed by atoms with Crippen molar-refractivity contribution < 1.29 is 31.9 Å². The summed E-state index contributed by atoms with van der Waals surface area (Å²) in [5.74, 6) is -1.09. The monoisotopic (exact) mass is 583 g/mol. The minimum Gasteiger partial charge on any atom is -0.454 e. The highest BCUT2D eigenvalue weighted by Gasteiger charge is 2.34. The van der Waals surface area contributed by atoms with E-state index >= 15 is 0 Å². The third-order valence-electron chi connectivity index (χ3n) is 6.62. The number of halogens is 1. The molecule has 41 heavy (non-hydrogen) atoms. The van der Waals surface area contributed by atoms with Crippen molar-refractivity contribution in [2.75, 3.05) is 23.4 Å². The summed E-state index contributed by atoms with van der Waals surface area (Å²) < 4.78 is 53.1. The van der Waals surface area contributed by atoms with Crippen LogP contribution in [0.1, 0.15) is 31.9 Å². The fourth-order valence-electron chi connectivity index (χ4n) is 4.50. The van der Waals surface area contributed by atoms with E-state index in [4.69, 9.17) is 9.47 Å². The molecule has 1 heterocycles. The molecule has 0 fully saturated rings. The molecule has 0 aromatic heterocycles. The van der Waals surface area contributed by atoms with Crippen molar-refractivity contribution in [3.8, 4) is 11.5 Å². The molecule has 2 amide bonds. The van der Waals surface area contributed by atoms with Gasteiger partial charge in [0, 0.05) is 30.6 Å². The molecule has 218 valence electrons. The van der Waals surface area contributed by atoms with Crippen LogP contribution in [0, 0.1) is 5.82 Å². The molecular formula is C30H34FN3O6S. The van der Waals surface area contributed by atoms with Crippen LogP contribution in [0.3, 0.4) is 0 Å². The largest absolute Gasteiger partial charge is 0.454 e. The number of rotatable bonds is 12. The zero-order chi connectivity index (χ0) is 29.6. The van der Waals surface area contributed by atoms with Crippen LogP contribution in [0.2, 0.25) is 0 Å². The van der Waals surface area contributed by atoms with Crippen molar-refractivity contribution in [3.63, 3.8) is 0 Å². The molecule has 9 nitrogen and oxygen atoms in total. The summed E-state index contributed by atoms with van der Waals surface area (Å²) in [4.78, 5) is 28.9. The van der Waals surface area contributed by atoms with E-state index in [9.17, 15) is 22.4 Å². The van der Waals surface area contributed by atoms with Gasteiger partial charge in [0.1, 0.15) is 18.4 Å². The molecule has 0 bridgehead atoms. The molecule has 1 N–H and O–H groups in total. The molecule has 3 aromatic rings. The van der Waals surface area contributed by atoms with Gasteiger partial charge in [-0.1, -0.05) is 48.5 Å². The van der Waals surface area contributed by atoms with E-state index in [1.807, 2.05) is 30.3 Å². The number of carbonyl (C=O) groups is 2. The summed E-state index contributed by atoms with van der Waals surface area (Å²) in [6, 6.07) is 18.5. The van der Waals surface area contributed by atoms with Crippen molar-refractivity contribution >= 4 is 27.5 Å². The van der Waals surface area contributed by atoms with Crippen molar-refractivity contribution in [2.45, 2.75) is 45.8 Å². The average Bonchev–Trinajstić information content (AvgIpc) is 3.42. The van der Waals surface area contributed by atoms with Crippen LogP contribution in [0.25, 0.3) is 0 Å². The minimum absolute atomic E-state index is 0.000785. The maximum Gasteiger partial charge on any atom is 0.244 e. The Labute approximate surface area is 239 Å². The topological polar surface area (TPSA) is 105 Å². The van der Waals surface area contributed by atoms with Gasteiger partial charge in [0.05, 0.1) is 11.4 Å². The molecule has 11 heteroatoms. The van der Waals surface area contributed by atoms with Crippen molar-refractivity contribution in [1.29, 1.82) is 0 Å². The highest BCUT2D eigenvalue weighted by Crippen LogP contribution is 2.36. The highest BCUT2D eigenvalue weighted by molar-refractivity contribution is 7.92. The molecule has 0 saturated carbocycles. The lowest BCUT2D eigenvalue weighted by Gasteiger charge is -2.34. The smallest absolute Gasteiger partial charge is 0.244 e. The summed E-state index contributed by atoms with van der Waals surface area (Å²) in [7, 11) is -3.95. The molecule has 1 aliphatic rings. The van der Waals surface area contributed by atoms with E-state index in [1.54, 1.807) is 26.0 Å². The highest BCUT2D eigenvalue weighted by atomic mass is 32.2. The Bertz CT molecular complexity index is 1480. The minimum atomic E-state index is -3.95. The number of carbonyl (C=O) groups excluding carboxylic acids is 2. The summed E-state index contributed by atoms with van der Waals surface area (Å²) in [6.07, 6.45) is 0.143. The second-order valence-electron chi connectivity index (χ2n) is 9.93. The summed E-state index contributed by atoms with van der Waals surface area (Å²) in [6.45, 7) is 4.23. The van der Waals surface area contributed by atoms with Gasteiger partial charge in [-0.2, -0.15) is 0 Å². The van der Waals surface area contributed by atoms with E-state index in [1.165, 1.54) is 42.2 Å². The first kappa shape index (κ1) is 29.9. The number of nitrogens with one attached hydrogen (secondary N) is 1. The van der Waals surface area contributed by atoms with Gasteiger partial charge in [0.2, 0.25) is 28.6 Å². The van der Waals surface area contributed by atoms with Crippen LogP contribution in [0.15, 0.2) is 72.8 Å². The molecule has 0 saturated heterocycles. The second-order valence-corrected chi connectivity index (χ2v) is 12.1. The van der Waals surface area contributed by atoms with E-state index in [0.717, 1.165) is 9.87 Å². The van der Waals surface area contributed by atoms with Crippen LogP contribution >= 0.6 is 0 Å². The van der Waals surface area contributed by atoms with Gasteiger partial charge in [0.25, 0.3) is 0 Å². The van der Waals surface area contributed by atoms with Gasteiger partial charge in [-0.3, -0.25) is 13.9 Å². The molecule has 4 rings (SSSR count). The van der Waals surface area contributed by atoms with Crippen molar-refractivity contribution in [3.05, 3.63) is 89.7 Å². The number of sulfonamides is 1. The summed E-state index contributed by atoms with van der Waals surface area (Å²) in [5, 5.41) is 2.86. The molecule has 3 aromatic carbocycles. The molecule has 0 radical (unpaired) electrons. The first-order valence-corrected chi connectivity index (χ1v) is 15.0. The standard InChI is InChI=1S/C30H34FN3O6S/c1-4-41(37,38)34(24-14-15-27-28(17-24)40-20-39-27)19-29(35)33(18-23-12-8-9-13-25(23)31)26(30(36)32-21(2)3)16-22-10-6-5-7-11-22/h5-15,17,21,26H,4,16,18-20H2,1-3H3,(H,32,36). The van der Waals surface area contributed by atoms with Crippen molar-refractivity contribution in [2.24, 2.45) is 0 Å². The Kier molecular flexibility index (Phi) is 9.49. The van der Waals surface area contributed by atoms with Crippen molar-refractivity contribution in [1.82, 2.24) is 10.2 Å². The molecule has 0 aliphatic carbocycles. The van der Waals surface area contributed by atoms with E-state index in [2.05, 4.69) is 5.32 Å². The van der Waals surface area contributed by atoms with Gasteiger partial charge >= 0.3 is 0 Å². The lowest BCUT2D eigenvalue weighted by molar-refractivity contribution is -0.140. The fourth-order valence-corrected chi connectivity index (χ4v) is 5.56. The van der Waals surface area contributed by atoms with Crippen LogP contribution in [-0.4, -0.2) is 56.3 Å². The summed E-state index contributed by atoms with van der Waals surface area (Å²) in [5.41, 5.74) is 1.20. The second kappa shape index (κ2) is 13.0. The lowest BCUT2D eigenvalue weighted by Crippen LogP contribution is -2.54. The zero-order valence-electron chi connectivity index (χ0n) is 23.2. The maximum atomic E-state index is 14.8. The van der Waals surface area contributed by atoms with Crippen LogP contribution in [0.4, 0.5) is 10.1 Å². The van der Waals surface area contributed by atoms with Gasteiger partial charge in [-0.05, 0) is 44.5 Å². The Hall–Kier alpha value is -4.12. The third kappa shape index (κ3) is 7.35.